The molecule has 0 heterocycles. The maximum atomic E-state index is 11.6. The molecule has 1 rings (SSSR count). The Morgan fingerprint density at radius 2 is 2.17 bits per heavy atom. The van der Waals surface area contributed by atoms with Crippen LogP contribution >= 0.6 is 0 Å². The number of aryl methyl sites for hydroxylation is 1. The van der Waals surface area contributed by atoms with Crippen LogP contribution < -0.4 is 11.1 Å². The molecule has 0 saturated carbocycles. The molecule has 0 unspecified atom stereocenters. The minimum absolute atomic E-state index is 0.0646. The Morgan fingerprint density at radius 3 is 2.89 bits per heavy atom. The average Bonchev–Trinajstić information content (AvgIpc) is 2.37. The first-order chi connectivity index (χ1) is 8.74. The summed E-state index contributed by atoms with van der Waals surface area (Å²) >= 11 is 0. The second-order valence-electron chi connectivity index (χ2n) is 4.10. The van der Waals surface area contributed by atoms with Crippen molar-refractivity contribution in [1.82, 2.24) is 5.32 Å². The number of hydrogen-bond acceptors (Lipinski definition) is 3. The zero-order valence-electron chi connectivity index (χ0n) is 10.9. The molecular weight excluding hydrogens is 228 g/mol. The van der Waals surface area contributed by atoms with Crippen molar-refractivity contribution in [2.75, 3.05) is 25.5 Å². The van der Waals surface area contributed by atoms with Gasteiger partial charge in [-0.15, -0.1) is 0 Å². The van der Waals surface area contributed by atoms with E-state index in [1.807, 2.05) is 31.2 Å². The molecular formula is C14H22N2O2. The van der Waals surface area contributed by atoms with E-state index in [1.165, 1.54) is 0 Å². The van der Waals surface area contributed by atoms with Gasteiger partial charge in [0.2, 0.25) is 5.91 Å². The van der Waals surface area contributed by atoms with Gasteiger partial charge in [-0.25, -0.2) is 0 Å². The molecule has 1 aromatic carbocycles. The molecule has 4 nitrogen and oxygen atoms in total. The summed E-state index contributed by atoms with van der Waals surface area (Å²) in [5.41, 5.74) is 7.59. The Labute approximate surface area is 109 Å². The van der Waals surface area contributed by atoms with Crippen LogP contribution in [0.2, 0.25) is 0 Å². The first kappa shape index (κ1) is 14.5. The Balaban J connectivity index is 2.15. The number of nitrogens with two attached hydrogens (primary N) is 1. The first-order valence-corrected chi connectivity index (χ1v) is 6.42. The van der Waals surface area contributed by atoms with Crippen molar-refractivity contribution in [1.29, 1.82) is 0 Å². The minimum Gasteiger partial charge on any atom is -0.399 e. The van der Waals surface area contributed by atoms with Gasteiger partial charge >= 0.3 is 0 Å². The molecule has 18 heavy (non-hydrogen) atoms. The number of nitrogens with one attached hydrogen (secondary N) is 1. The molecule has 0 radical (unpaired) electrons. The van der Waals surface area contributed by atoms with Crippen molar-refractivity contribution in [3.63, 3.8) is 0 Å². The normalized spacial score (nSPS) is 10.3. The Bertz CT molecular complexity index is 367. The average molecular weight is 250 g/mol. The van der Waals surface area contributed by atoms with E-state index < -0.39 is 0 Å². The molecule has 0 aliphatic carbocycles. The summed E-state index contributed by atoms with van der Waals surface area (Å²) < 4.78 is 5.19. The Kier molecular flexibility index (Phi) is 6.87. The molecule has 0 saturated heterocycles. The molecule has 0 aromatic heterocycles. The highest BCUT2D eigenvalue weighted by Crippen LogP contribution is 2.12. The highest BCUT2D eigenvalue weighted by molar-refractivity contribution is 5.76. The van der Waals surface area contributed by atoms with Crippen LogP contribution in [-0.2, 0) is 16.0 Å². The molecule has 0 fully saturated rings. The smallest absolute Gasteiger partial charge is 0.220 e. The number of carbonyl (C=O) groups excluding carboxylic acids is 1. The van der Waals surface area contributed by atoms with E-state index >= 15 is 0 Å². The second-order valence-corrected chi connectivity index (χ2v) is 4.10. The number of benzene rings is 1. The standard InChI is InChI=1S/C14H22N2O2/c1-2-18-11-5-10-16-14(17)9-8-12-6-3-4-7-13(12)15/h3-4,6-7H,2,5,8-11,15H2,1H3,(H,16,17). The van der Waals surface area contributed by atoms with Gasteiger partial charge in [0.25, 0.3) is 0 Å². The number of anilines is 1. The monoisotopic (exact) mass is 250 g/mol. The SMILES string of the molecule is CCOCCCNC(=O)CCc1ccccc1N. The molecule has 4 heteroatoms. The van der Waals surface area contributed by atoms with E-state index in [9.17, 15) is 4.79 Å². The quantitative estimate of drug-likeness (QED) is 0.545. The zero-order valence-corrected chi connectivity index (χ0v) is 10.9. The minimum atomic E-state index is 0.0646. The zero-order chi connectivity index (χ0) is 13.2. The van der Waals surface area contributed by atoms with Crippen molar-refractivity contribution < 1.29 is 9.53 Å². The van der Waals surface area contributed by atoms with Crippen molar-refractivity contribution in [2.24, 2.45) is 0 Å². The fraction of sp³-hybridized carbons (Fsp3) is 0.500. The van der Waals surface area contributed by atoms with Crippen LogP contribution in [-0.4, -0.2) is 25.7 Å². The van der Waals surface area contributed by atoms with Gasteiger partial charge in [-0.3, -0.25) is 4.79 Å². The fourth-order valence-electron chi connectivity index (χ4n) is 1.64. The molecule has 0 aliphatic heterocycles. The highest BCUT2D eigenvalue weighted by Gasteiger charge is 2.03. The van der Waals surface area contributed by atoms with Crippen molar-refractivity contribution >= 4 is 11.6 Å². The molecule has 0 atom stereocenters. The van der Waals surface area contributed by atoms with Crippen molar-refractivity contribution in [2.45, 2.75) is 26.2 Å². The molecule has 1 aromatic rings. The number of amides is 1. The van der Waals surface area contributed by atoms with Crippen LogP contribution in [0.3, 0.4) is 0 Å². The van der Waals surface area contributed by atoms with E-state index in [0.29, 0.717) is 26.0 Å². The Hall–Kier alpha value is -1.55. The molecule has 100 valence electrons. The number of nitrogen functional groups attached to an aromatic ring is 1. The first-order valence-electron chi connectivity index (χ1n) is 6.42. The van der Waals surface area contributed by atoms with Gasteiger partial charge in [-0.05, 0) is 31.4 Å². The lowest BCUT2D eigenvalue weighted by atomic mass is 10.1. The van der Waals surface area contributed by atoms with Gasteiger partial charge in [0.1, 0.15) is 0 Å². The highest BCUT2D eigenvalue weighted by atomic mass is 16.5. The predicted octanol–water partition coefficient (Wildman–Crippen LogP) is 1.74. The summed E-state index contributed by atoms with van der Waals surface area (Å²) in [6.07, 6.45) is 2.01. The van der Waals surface area contributed by atoms with Crippen LogP contribution in [0.4, 0.5) is 5.69 Å². The van der Waals surface area contributed by atoms with Crippen LogP contribution in [0.1, 0.15) is 25.3 Å². The summed E-state index contributed by atoms with van der Waals surface area (Å²) in [6, 6.07) is 7.64. The summed E-state index contributed by atoms with van der Waals surface area (Å²) in [5, 5.41) is 2.87. The third-order valence-corrected chi connectivity index (χ3v) is 2.67. The topological polar surface area (TPSA) is 64.3 Å². The molecule has 3 N–H and O–H groups in total. The van der Waals surface area contributed by atoms with Crippen molar-refractivity contribution in [3.8, 4) is 0 Å². The van der Waals surface area contributed by atoms with Crippen LogP contribution in [0.5, 0.6) is 0 Å². The van der Waals surface area contributed by atoms with Crippen LogP contribution in [0.15, 0.2) is 24.3 Å². The number of carbonyl (C=O) groups is 1. The molecule has 0 bridgehead atoms. The van der Waals surface area contributed by atoms with Gasteiger partial charge in [0.15, 0.2) is 0 Å². The summed E-state index contributed by atoms with van der Waals surface area (Å²) in [7, 11) is 0. The van der Waals surface area contributed by atoms with Crippen molar-refractivity contribution in [3.05, 3.63) is 29.8 Å². The van der Waals surface area contributed by atoms with E-state index in [0.717, 1.165) is 24.3 Å². The lowest BCUT2D eigenvalue weighted by Crippen LogP contribution is -2.25. The van der Waals surface area contributed by atoms with E-state index in [2.05, 4.69) is 5.32 Å². The van der Waals surface area contributed by atoms with Gasteiger partial charge in [-0.2, -0.15) is 0 Å². The molecule has 0 aliphatic rings. The largest absolute Gasteiger partial charge is 0.399 e. The maximum absolute atomic E-state index is 11.6. The maximum Gasteiger partial charge on any atom is 0.220 e. The number of hydrogen-bond donors (Lipinski definition) is 2. The number of para-hydroxylation sites is 1. The fourth-order valence-corrected chi connectivity index (χ4v) is 1.64. The third kappa shape index (κ3) is 5.68. The summed E-state index contributed by atoms with van der Waals surface area (Å²) in [6.45, 7) is 4.05. The van der Waals surface area contributed by atoms with Gasteiger partial charge < -0.3 is 15.8 Å². The summed E-state index contributed by atoms with van der Waals surface area (Å²) in [5.74, 6) is 0.0646. The van der Waals surface area contributed by atoms with Crippen LogP contribution in [0, 0.1) is 0 Å². The molecule has 1 amide bonds. The lowest BCUT2D eigenvalue weighted by Gasteiger charge is -2.07. The van der Waals surface area contributed by atoms with Gasteiger partial charge in [0, 0.05) is 31.9 Å². The lowest BCUT2D eigenvalue weighted by molar-refractivity contribution is -0.121. The summed E-state index contributed by atoms with van der Waals surface area (Å²) in [4.78, 5) is 11.6. The van der Waals surface area contributed by atoms with E-state index in [4.69, 9.17) is 10.5 Å². The number of ether oxygens (including phenoxy) is 1. The molecule has 0 spiro atoms. The third-order valence-electron chi connectivity index (χ3n) is 2.67. The predicted molar refractivity (Wildman–Crippen MR) is 73.3 cm³/mol. The van der Waals surface area contributed by atoms with Gasteiger partial charge in [-0.1, -0.05) is 18.2 Å². The Morgan fingerprint density at radius 1 is 1.39 bits per heavy atom. The number of rotatable bonds is 8. The van der Waals surface area contributed by atoms with Gasteiger partial charge in [0.05, 0.1) is 0 Å². The van der Waals surface area contributed by atoms with Crippen LogP contribution in [0.25, 0.3) is 0 Å². The second kappa shape index (κ2) is 8.53. The van der Waals surface area contributed by atoms with E-state index in [-0.39, 0.29) is 5.91 Å². The van der Waals surface area contributed by atoms with E-state index in [1.54, 1.807) is 0 Å².